The highest BCUT2D eigenvalue weighted by Gasteiger charge is 2.33. The van der Waals surface area contributed by atoms with Gasteiger partial charge < -0.3 is 14.2 Å². The molecule has 4 rings (SSSR count). The van der Waals surface area contributed by atoms with Crippen molar-refractivity contribution in [3.63, 3.8) is 0 Å². The number of thiazole rings is 1. The van der Waals surface area contributed by atoms with Crippen molar-refractivity contribution >= 4 is 35.1 Å². The number of thioether (sulfide) groups is 1. The van der Waals surface area contributed by atoms with E-state index in [0.29, 0.717) is 44.3 Å². The first kappa shape index (κ1) is 25.8. The number of carbonyl (C=O) groups excluding carboxylic acids is 1. The number of rotatable bonds is 8. The number of fused-ring (bicyclic) bond motifs is 1. The van der Waals surface area contributed by atoms with Gasteiger partial charge in [-0.1, -0.05) is 29.5 Å². The largest absolute Gasteiger partial charge is 0.493 e. The van der Waals surface area contributed by atoms with Gasteiger partial charge in [-0.05, 0) is 68.5 Å². The minimum Gasteiger partial charge on any atom is -0.493 e. The van der Waals surface area contributed by atoms with Crippen molar-refractivity contribution in [3.8, 4) is 11.5 Å². The number of ether oxygens (including phenoxy) is 3. The molecule has 0 bridgehead atoms. The van der Waals surface area contributed by atoms with Crippen LogP contribution in [0.25, 0.3) is 6.08 Å². The highest BCUT2D eigenvalue weighted by Crippen LogP contribution is 2.36. The lowest BCUT2D eigenvalue weighted by atomic mass is 9.95. The Bertz CT molecular complexity index is 1490. The molecule has 1 aliphatic rings. The van der Waals surface area contributed by atoms with Crippen LogP contribution < -0.4 is 24.4 Å². The lowest BCUT2D eigenvalue weighted by molar-refractivity contribution is -0.139. The summed E-state index contributed by atoms with van der Waals surface area (Å²) in [5.41, 5.74) is 2.24. The second kappa shape index (κ2) is 11.2. The Kier molecular flexibility index (Phi) is 8.01. The SMILES string of the molecule is CCOC(=O)C1=C(C)N=c2s/c(=C\c3ccc(SC)cc3)c(=O)n2[C@@H]1c1ccc(OC)c(OCC)c1. The molecule has 0 N–H and O–H groups in total. The zero-order valence-electron chi connectivity index (χ0n) is 20.9. The number of carbonyl (C=O) groups is 1. The Morgan fingerprint density at radius 1 is 1.14 bits per heavy atom. The van der Waals surface area contributed by atoms with Gasteiger partial charge in [-0.3, -0.25) is 9.36 Å². The predicted octanol–water partition coefficient (Wildman–Crippen LogP) is 3.93. The van der Waals surface area contributed by atoms with Crippen LogP contribution in [0.4, 0.5) is 0 Å². The first-order chi connectivity index (χ1) is 17.4. The van der Waals surface area contributed by atoms with Crippen LogP contribution in [0.3, 0.4) is 0 Å². The summed E-state index contributed by atoms with van der Waals surface area (Å²) >= 11 is 2.96. The topological polar surface area (TPSA) is 79.1 Å². The maximum Gasteiger partial charge on any atom is 0.338 e. The van der Waals surface area contributed by atoms with Crippen LogP contribution in [0.5, 0.6) is 11.5 Å². The number of hydrogen-bond donors (Lipinski definition) is 0. The first-order valence-corrected chi connectivity index (χ1v) is 13.6. The zero-order valence-corrected chi connectivity index (χ0v) is 22.5. The fourth-order valence-corrected chi connectivity index (χ4v) is 5.54. The number of esters is 1. The van der Waals surface area contributed by atoms with Gasteiger partial charge in [-0.2, -0.15) is 0 Å². The molecular formula is C27H28N2O5S2. The molecule has 0 aliphatic carbocycles. The maximum absolute atomic E-state index is 13.7. The van der Waals surface area contributed by atoms with Crippen molar-refractivity contribution in [2.24, 2.45) is 4.99 Å². The first-order valence-electron chi connectivity index (χ1n) is 11.6. The van der Waals surface area contributed by atoms with E-state index in [1.807, 2.05) is 55.7 Å². The molecule has 0 saturated heterocycles. The third kappa shape index (κ3) is 4.99. The maximum atomic E-state index is 13.7. The third-order valence-corrected chi connectivity index (χ3v) is 7.46. The normalized spacial score (nSPS) is 15.4. The van der Waals surface area contributed by atoms with Crippen molar-refractivity contribution in [2.45, 2.75) is 31.7 Å². The molecule has 1 aromatic heterocycles. The summed E-state index contributed by atoms with van der Waals surface area (Å²) in [6, 6.07) is 12.7. The number of allylic oxidation sites excluding steroid dienone is 1. The lowest BCUT2D eigenvalue weighted by Crippen LogP contribution is -2.40. The number of nitrogens with zero attached hydrogens (tertiary/aromatic N) is 2. The molecule has 0 unspecified atom stereocenters. The third-order valence-electron chi connectivity index (χ3n) is 5.73. The van der Waals surface area contributed by atoms with Gasteiger partial charge in [0.15, 0.2) is 16.3 Å². The van der Waals surface area contributed by atoms with Gasteiger partial charge in [0.05, 0.1) is 42.2 Å². The van der Waals surface area contributed by atoms with Crippen LogP contribution in [-0.4, -0.2) is 37.1 Å². The molecule has 0 radical (unpaired) electrons. The molecule has 1 aliphatic heterocycles. The summed E-state index contributed by atoms with van der Waals surface area (Å²) in [4.78, 5) is 33.1. The molecule has 3 aromatic rings. The molecule has 0 fully saturated rings. The van der Waals surface area contributed by atoms with Crippen molar-refractivity contribution in [1.29, 1.82) is 0 Å². The summed E-state index contributed by atoms with van der Waals surface area (Å²) in [6.07, 6.45) is 3.88. The van der Waals surface area contributed by atoms with E-state index in [0.717, 1.165) is 10.5 Å². The quantitative estimate of drug-likeness (QED) is 0.328. The molecule has 36 heavy (non-hydrogen) atoms. The molecule has 188 valence electrons. The van der Waals surface area contributed by atoms with E-state index in [2.05, 4.69) is 4.99 Å². The Labute approximate surface area is 217 Å². The highest BCUT2D eigenvalue weighted by molar-refractivity contribution is 7.98. The van der Waals surface area contributed by atoms with E-state index in [-0.39, 0.29) is 12.2 Å². The standard InChI is InChI=1S/C27H28N2O5S2/c1-6-33-21-15-18(10-13-20(21)32-4)24-23(26(31)34-7-2)16(3)28-27-29(24)25(30)22(36-27)14-17-8-11-19(35-5)12-9-17/h8-15,24H,6-7H2,1-5H3/b22-14-/t24-/m1/s1. The fourth-order valence-electron chi connectivity index (χ4n) is 4.09. The molecule has 9 heteroatoms. The molecule has 2 heterocycles. The molecule has 1 atom stereocenters. The van der Waals surface area contributed by atoms with Crippen LogP contribution >= 0.6 is 23.1 Å². The van der Waals surface area contributed by atoms with E-state index in [1.165, 1.54) is 11.3 Å². The van der Waals surface area contributed by atoms with Gasteiger partial charge in [-0.25, -0.2) is 9.79 Å². The van der Waals surface area contributed by atoms with Crippen LogP contribution in [0.2, 0.25) is 0 Å². The highest BCUT2D eigenvalue weighted by atomic mass is 32.2. The summed E-state index contributed by atoms with van der Waals surface area (Å²) in [5.74, 6) is 0.603. The van der Waals surface area contributed by atoms with Gasteiger partial charge >= 0.3 is 5.97 Å². The predicted molar refractivity (Wildman–Crippen MR) is 143 cm³/mol. The van der Waals surface area contributed by atoms with E-state index in [1.54, 1.807) is 43.4 Å². The van der Waals surface area contributed by atoms with Crippen molar-refractivity contribution in [2.75, 3.05) is 26.6 Å². The Morgan fingerprint density at radius 3 is 2.53 bits per heavy atom. The fraction of sp³-hybridized carbons (Fsp3) is 0.296. The molecule has 0 spiro atoms. The molecular weight excluding hydrogens is 496 g/mol. The molecule has 2 aromatic carbocycles. The number of aromatic nitrogens is 1. The van der Waals surface area contributed by atoms with E-state index in [9.17, 15) is 9.59 Å². The molecule has 7 nitrogen and oxygen atoms in total. The molecule has 0 amide bonds. The Hall–Kier alpha value is -3.30. The average molecular weight is 525 g/mol. The summed E-state index contributed by atoms with van der Waals surface area (Å²) in [6.45, 7) is 6.06. The van der Waals surface area contributed by atoms with Crippen LogP contribution in [0.15, 0.2) is 68.4 Å². The smallest absolute Gasteiger partial charge is 0.338 e. The number of methoxy groups -OCH3 is 1. The van der Waals surface area contributed by atoms with Crippen molar-refractivity contribution < 1.29 is 19.0 Å². The monoisotopic (exact) mass is 524 g/mol. The number of hydrogen-bond acceptors (Lipinski definition) is 8. The van der Waals surface area contributed by atoms with E-state index < -0.39 is 12.0 Å². The van der Waals surface area contributed by atoms with Crippen LogP contribution in [0, 0.1) is 0 Å². The van der Waals surface area contributed by atoms with Gasteiger partial charge in [0.2, 0.25) is 0 Å². The second-order valence-corrected chi connectivity index (χ2v) is 9.81. The minimum atomic E-state index is -0.716. The van der Waals surface area contributed by atoms with Crippen molar-refractivity contribution in [1.82, 2.24) is 4.57 Å². The second-order valence-electron chi connectivity index (χ2n) is 7.92. The summed E-state index contributed by atoms with van der Waals surface area (Å²) in [7, 11) is 1.57. The summed E-state index contributed by atoms with van der Waals surface area (Å²) in [5, 5.41) is 0. The Morgan fingerprint density at radius 2 is 1.89 bits per heavy atom. The van der Waals surface area contributed by atoms with E-state index >= 15 is 0 Å². The number of benzene rings is 2. The summed E-state index contributed by atoms with van der Waals surface area (Å²) < 4.78 is 18.7. The average Bonchev–Trinajstić information content (AvgIpc) is 3.18. The van der Waals surface area contributed by atoms with Gasteiger partial charge in [0.1, 0.15) is 0 Å². The molecule has 0 saturated carbocycles. The van der Waals surface area contributed by atoms with Gasteiger partial charge in [0, 0.05) is 4.90 Å². The minimum absolute atomic E-state index is 0.214. The lowest BCUT2D eigenvalue weighted by Gasteiger charge is -2.25. The zero-order chi connectivity index (χ0) is 25.8. The van der Waals surface area contributed by atoms with Crippen LogP contribution in [0.1, 0.15) is 37.9 Å². The van der Waals surface area contributed by atoms with Crippen molar-refractivity contribution in [3.05, 3.63) is 84.5 Å². The van der Waals surface area contributed by atoms with Gasteiger partial charge in [0.25, 0.3) is 5.56 Å². The Balaban J connectivity index is 1.93. The van der Waals surface area contributed by atoms with Gasteiger partial charge in [-0.15, -0.1) is 11.8 Å². The van der Waals surface area contributed by atoms with Crippen LogP contribution in [-0.2, 0) is 9.53 Å². The van der Waals surface area contributed by atoms with E-state index in [4.69, 9.17) is 14.2 Å².